The molecule has 2 saturated heterocycles. The topological polar surface area (TPSA) is 78.2 Å². The number of carboxylic acids is 1. The van der Waals surface area contributed by atoms with Crippen LogP contribution in [0.4, 0.5) is 0 Å². The lowest BCUT2D eigenvalue weighted by molar-refractivity contribution is -0.149. The van der Waals surface area contributed by atoms with Gasteiger partial charge in [-0.2, -0.15) is 0 Å². The van der Waals surface area contributed by atoms with Gasteiger partial charge >= 0.3 is 5.97 Å². The summed E-state index contributed by atoms with van der Waals surface area (Å²) in [6, 6.07) is 5.89. The number of hydrogen-bond acceptors (Lipinski definition) is 4. The van der Waals surface area contributed by atoms with Gasteiger partial charge in [0.05, 0.1) is 17.3 Å². The molecule has 2 aliphatic heterocycles. The lowest BCUT2D eigenvalue weighted by Gasteiger charge is -2.25. The van der Waals surface area contributed by atoms with E-state index in [1.165, 1.54) is 0 Å². The Balaban J connectivity index is 1.40. The maximum absolute atomic E-state index is 12.9. The van der Waals surface area contributed by atoms with Gasteiger partial charge in [-0.05, 0) is 37.8 Å². The maximum Gasteiger partial charge on any atom is 0.313 e. The lowest BCUT2D eigenvalue weighted by atomic mass is 9.81. The average molecular weight is 368 g/mol. The fourth-order valence-electron chi connectivity index (χ4n) is 4.86. The number of pyridine rings is 1. The van der Waals surface area contributed by atoms with Crippen molar-refractivity contribution in [3.63, 3.8) is 0 Å². The SMILES string of the molecule is Cc1nc2ccccn2c1CN1C[C@@H]2C(=O)N(CC3CC3)C[C@]2(C(=O)O)C1. The number of imidazole rings is 1. The molecule has 1 saturated carbocycles. The number of carbonyl (C=O) groups is 2. The van der Waals surface area contributed by atoms with Gasteiger partial charge in [0.1, 0.15) is 11.1 Å². The Bertz CT molecular complexity index is 934. The van der Waals surface area contributed by atoms with Crippen molar-refractivity contribution in [3.8, 4) is 0 Å². The summed E-state index contributed by atoms with van der Waals surface area (Å²) in [5, 5.41) is 10.0. The highest BCUT2D eigenvalue weighted by molar-refractivity contribution is 5.92. The third-order valence-electron chi connectivity index (χ3n) is 6.50. The number of aliphatic carboxylic acids is 1. The van der Waals surface area contributed by atoms with Crippen LogP contribution in [0, 0.1) is 24.2 Å². The third kappa shape index (κ3) is 2.56. The standard InChI is InChI=1S/C20H24N4O3/c1-13-16(24-7-3-2-4-17(24)21-13)10-22-9-15-18(25)23(8-14-5-6-14)12-20(15,11-22)19(26)27/h2-4,7,14-15H,5-6,8-12H2,1H3,(H,26,27)/t15-,20-/m1/s1. The second-order valence-corrected chi connectivity index (χ2v) is 8.42. The van der Waals surface area contributed by atoms with E-state index in [0.29, 0.717) is 32.1 Å². The predicted molar refractivity (Wildman–Crippen MR) is 98.1 cm³/mol. The number of rotatable bonds is 5. The van der Waals surface area contributed by atoms with Gasteiger partial charge in [0.2, 0.25) is 5.91 Å². The van der Waals surface area contributed by atoms with Crippen molar-refractivity contribution in [3.05, 3.63) is 35.8 Å². The van der Waals surface area contributed by atoms with Gasteiger partial charge in [0, 0.05) is 38.9 Å². The molecule has 3 fully saturated rings. The predicted octanol–water partition coefficient (Wildman–Crippen LogP) is 1.40. The van der Waals surface area contributed by atoms with Gasteiger partial charge < -0.3 is 14.4 Å². The summed E-state index contributed by atoms with van der Waals surface area (Å²) in [6.07, 6.45) is 4.31. The number of carboxylic acid groups (broad SMARTS) is 1. The summed E-state index contributed by atoms with van der Waals surface area (Å²) in [5.74, 6) is -0.665. The number of hydrogen-bond donors (Lipinski definition) is 1. The normalized spacial score (nSPS) is 28.3. The molecule has 2 aromatic rings. The summed E-state index contributed by atoms with van der Waals surface area (Å²) >= 11 is 0. The van der Waals surface area contributed by atoms with Crippen LogP contribution in [0.5, 0.6) is 0 Å². The van der Waals surface area contributed by atoms with Crippen LogP contribution in [0.15, 0.2) is 24.4 Å². The van der Waals surface area contributed by atoms with Crippen molar-refractivity contribution < 1.29 is 14.7 Å². The van der Waals surface area contributed by atoms with Gasteiger partial charge in [-0.25, -0.2) is 4.98 Å². The molecule has 27 heavy (non-hydrogen) atoms. The van der Waals surface area contributed by atoms with Crippen LogP contribution in [0.25, 0.3) is 5.65 Å². The molecule has 7 nitrogen and oxygen atoms in total. The Morgan fingerprint density at radius 2 is 2.15 bits per heavy atom. The highest BCUT2D eigenvalue weighted by Gasteiger charge is 2.62. The first-order valence-corrected chi connectivity index (χ1v) is 9.65. The molecule has 0 radical (unpaired) electrons. The van der Waals surface area contributed by atoms with Crippen molar-refractivity contribution in [1.29, 1.82) is 0 Å². The molecule has 0 spiro atoms. The molecule has 1 aliphatic carbocycles. The molecule has 2 aromatic heterocycles. The number of fused-ring (bicyclic) bond motifs is 2. The quantitative estimate of drug-likeness (QED) is 0.863. The number of carbonyl (C=O) groups excluding carboxylic acids is 1. The molecule has 4 heterocycles. The van der Waals surface area contributed by atoms with Gasteiger partial charge in [-0.15, -0.1) is 0 Å². The molecule has 1 amide bonds. The summed E-state index contributed by atoms with van der Waals surface area (Å²) in [6.45, 7) is 4.60. The van der Waals surface area contributed by atoms with Gasteiger partial charge in [0.25, 0.3) is 0 Å². The zero-order chi connectivity index (χ0) is 18.8. The Kier molecular flexibility index (Phi) is 3.59. The lowest BCUT2D eigenvalue weighted by Crippen LogP contribution is -2.41. The van der Waals surface area contributed by atoms with Crippen LogP contribution in [0.2, 0.25) is 0 Å². The third-order valence-corrected chi connectivity index (χ3v) is 6.50. The minimum absolute atomic E-state index is 0.0293. The highest BCUT2D eigenvalue weighted by atomic mass is 16.4. The van der Waals surface area contributed by atoms with Crippen molar-refractivity contribution in [2.24, 2.45) is 17.3 Å². The zero-order valence-corrected chi connectivity index (χ0v) is 15.5. The summed E-state index contributed by atoms with van der Waals surface area (Å²) in [5.41, 5.74) is 1.93. The fourth-order valence-corrected chi connectivity index (χ4v) is 4.86. The van der Waals surface area contributed by atoms with E-state index in [4.69, 9.17) is 0 Å². The van der Waals surface area contributed by atoms with E-state index in [-0.39, 0.29) is 5.91 Å². The molecule has 2 atom stereocenters. The van der Waals surface area contributed by atoms with E-state index < -0.39 is 17.3 Å². The highest BCUT2D eigenvalue weighted by Crippen LogP contribution is 2.45. The largest absolute Gasteiger partial charge is 0.481 e. The smallest absolute Gasteiger partial charge is 0.313 e. The number of aromatic nitrogens is 2. The number of likely N-dealkylation sites (tertiary alicyclic amines) is 2. The minimum atomic E-state index is -0.972. The molecule has 5 rings (SSSR count). The first-order valence-electron chi connectivity index (χ1n) is 9.65. The Labute approximate surface area is 157 Å². The van der Waals surface area contributed by atoms with Crippen LogP contribution in [-0.2, 0) is 16.1 Å². The van der Waals surface area contributed by atoms with E-state index in [9.17, 15) is 14.7 Å². The second-order valence-electron chi connectivity index (χ2n) is 8.42. The molecular weight excluding hydrogens is 344 g/mol. The van der Waals surface area contributed by atoms with Crippen LogP contribution >= 0.6 is 0 Å². The summed E-state index contributed by atoms with van der Waals surface area (Å²) in [4.78, 5) is 33.6. The monoisotopic (exact) mass is 368 g/mol. The van der Waals surface area contributed by atoms with Crippen molar-refractivity contribution in [2.75, 3.05) is 26.2 Å². The summed E-state index contributed by atoms with van der Waals surface area (Å²) < 4.78 is 2.05. The van der Waals surface area contributed by atoms with Crippen LogP contribution in [-0.4, -0.2) is 62.3 Å². The molecule has 1 N–H and O–H groups in total. The Morgan fingerprint density at radius 1 is 1.33 bits per heavy atom. The van der Waals surface area contributed by atoms with Crippen LogP contribution < -0.4 is 0 Å². The molecule has 142 valence electrons. The Morgan fingerprint density at radius 3 is 2.85 bits per heavy atom. The first kappa shape index (κ1) is 16.7. The van der Waals surface area contributed by atoms with E-state index >= 15 is 0 Å². The first-order chi connectivity index (χ1) is 13.0. The number of amides is 1. The molecule has 3 aliphatic rings. The van der Waals surface area contributed by atoms with Crippen molar-refractivity contribution >= 4 is 17.5 Å². The van der Waals surface area contributed by atoms with E-state index in [0.717, 1.165) is 36.4 Å². The van der Waals surface area contributed by atoms with Gasteiger partial charge in [0.15, 0.2) is 0 Å². The zero-order valence-electron chi connectivity index (χ0n) is 15.5. The van der Waals surface area contributed by atoms with E-state index in [1.54, 1.807) is 0 Å². The second kappa shape index (κ2) is 5.79. The van der Waals surface area contributed by atoms with Gasteiger partial charge in [-0.1, -0.05) is 6.07 Å². The van der Waals surface area contributed by atoms with Crippen LogP contribution in [0.3, 0.4) is 0 Å². The molecule has 0 aromatic carbocycles. The van der Waals surface area contributed by atoms with Crippen molar-refractivity contribution in [1.82, 2.24) is 19.2 Å². The van der Waals surface area contributed by atoms with Crippen molar-refractivity contribution in [2.45, 2.75) is 26.3 Å². The molecule has 7 heteroatoms. The van der Waals surface area contributed by atoms with E-state index in [1.807, 2.05) is 36.2 Å². The maximum atomic E-state index is 12.9. The molecule has 0 bridgehead atoms. The summed E-state index contributed by atoms with van der Waals surface area (Å²) in [7, 11) is 0. The van der Waals surface area contributed by atoms with Crippen LogP contribution in [0.1, 0.15) is 24.2 Å². The Hall–Kier alpha value is -2.41. The number of nitrogens with zero attached hydrogens (tertiary/aromatic N) is 4. The number of aryl methyl sites for hydroxylation is 1. The fraction of sp³-hybridized carbons (Fsp3) is 0.550. The average Bonchev–Trinajstić information content (AvgIpc) is 3.22. The van der Waals surface area contributed by atoms with Gasteiger partial charge in [-0.3, -0.25) is 14.5 Å². The molecular formula is C20H24N4O3. The molecule has 0 unspecified atom stereocenters. The van der Waals surface area contributed by atoms with E-state index in [2.05, 4.69) is 14.3 Å². The minimum Gasteiger partial charge on any atom is -0.481 e.